The third-order valence-electron chi connectivity index (χ3n) is 1.41. The fourth-order valence-electron chi connectivity index (χ4n) is 0.700. The van der Waals surface area contributed by atoms with E-state index in [1.54, 1.807) is 0 Å². The average molecular weight is 144 g/mol. The Labute approximate surface area is 58.8 Å². The van der Waals surface area contributed by atoms with Crippen LogP contribution in [0.25, 0.3) is 0 Å². The summed E-state index contributed by atoms with van der Waals surface area (Å²) in [4.78, 5) is 0. The molecule has 0 saturated carbocycles. The van der Waals surface area contributed by atoms with Crippen molar-refractivity contribution in [2.24, 2.45) is 23.0 Å². The highest BCUT2D eigenvalue weighted by atomic mass is 15.5. The molecule has 58 valence electrons. The fourth-order valence-corrected chi connectivity index (χ4v) is 0.700. The van der Waals surface area contributed by atoms with E-state index in [1.807, 2.05) is 0 Å². The molecule has 6 nitrogen and oxygen atoms in total. The molecule has 0 spiro atoms. The predicted molar refractivity (Wildman–Crippen MR) is 37.4 cm³/mol. The molecule has 1 aliphatic heterocycles. The van der Waals surface area contributed by atoms with Crippen molar-refractivity contribution in [1.82, 2.24) is 10.3 Å². The summed E-state index contributed by atoms with van der Waals surface area (Å²) in [5.74, 6) is 5.79. The van der Waals surface area contributed by atoms with E-state index in [0.29, 0.717) is 5.82 Å². The number of nitrogens with one attached hydrogen (secondary N) is 1. The van der Waals surface area contributed by atoms with Gasteiger partial charge in [0.2, 0.25) is 0 Å². The number of nitrogens with zero attached hydrogens (tertiary/aromatic N) is 1. The molecular formula is C4H12N6. The first-order valence-electron chi connectivity index (χ1n) is 2.89. The molecule has 2 atom stereocenters. The zero-order valence-corrected chi connectivity index (χ0v) is 5.49. The molecule has 0 radical (unpaired) electrons. The van der Waals surface area contributed by atoms with Crippen LogP contribution in [0.4, 0.5) is 0 Å². The van der Waals surface area contributed by atoms with Gasteiger partial charge in [-0.1, -0.05) is 0 Å². The molecule has 0 aromatic carbocycles. The molecule has 10 heavy (non-hydrogen) atoms. The Morgan fingerprint density at radius 3 is 2.60 bits per heavy atom. The van der Waals surface area contributed by atoms with Crippen LogP contribution in [0.3, 0.4) is 0 Å². The first-order chi connectivity index (χ1) is 4.63. The molecule has 2 unspecified atom stereocenters. The van der Waals surface area contributed by atoms with Gasteiger partial charge in [0.05, 0.1) is 0 Å². The van der Waals surface area contributed by atoms with Crippen molar-refractivity contribution in [1.29, 1.82) is 0 Å². The lowest BCUT2D eigenvalue weighted by atomic mass is 10.3. The van der Waals surface area contributed by atoms with Crippen LogP contribution in [-0.2, 0) is 0 Å². The highest BCUT2D eigenvalue weighted by molar-refractivity contribution is 5.01. The predicted octanol–water partition coefficient (Wildman–Crippen LogP) is -2.91. The fraction of sp³-hybridized carbons (Fsp3) is 0.500. The van der Waals surface area contributed by atoms with Gasteiger partial charge in [0.1, 0.15) is 18.2 Å². The summed E-state index contributed by atoms with van der Waals surface area (Å²) in [5.41, 5.74) is 16.4. The summed E-state index contributed by atoms with van der Waals surface area (Å²) in [6, 6.07) is 0. The maximum atomic E-state index is 5.50. The van der Waals surface area contributed by atoms with Crippen LogP contribution >= 0.6 is 0 Å². The molecular weight excluding hydrogens is 132 g/mol. The zero-order chi connectivity index (χ0) is 7.72. The highest BCUT2D eigenvalue weighted by Crippen LogP contribution is 1.99. The first-order valence-corrected chi connectivity index (χ1v) is 2.89. The highest BCUT2D eigenvalue weighted by Gasteiger charge is 2.22. The number of hydrogen-bond acceptors (Lipinski definition) is 6. The van der Waals surface area contributed by atoms with Crippen LogP contribution in [0, 0.1) is 0 Å². The standard InChI is InChI=1S/C4H12N6/c5-2-1-9-3(6)4(7)10(2)8/h1,3-4,9H,5-8H2. The Morgan fingerprint density at radius 2 is 2.10 bits per heavy atom. The van der Waals surface area contributed by atoms with Crippen LogP contribution in [0.1, 0.15) is 0 Å². The van der Waals surface area contributed by atoms with E-state index < -0.39 is 6.17 Å². The summed E-state index contributed by atoms with van der Waals surface area (Å²) in [7, 11) is 0. The molecule has 1 aliphatic rings. The largest absolute Gasteiger partial charge is 0.383 e. The van der Waals surface area contributed by atoms with E-state index in [4.69, 9.17) is 23.0 Å². The van der Waals surface area contributed by atoms with Crippen molar-refractivity contribution in [3.8, 4) is 0 Å². The summed E-state index contributed by atoms with van der Waals surface area (Å²) in [6.07, 6.45) is 0.691. The minimum Gasteiger partial charge on any atom is -0.383 e. The molecule has 1 heterocycles. The molecule has 0 saturated heterocycles. The Bertz CT molecular complexity index is 154. The van der Waals surface area contributed by atoms with Gasteiger partial charge in [-0.05, 0) is 0 Å². The Kier molecular flexibility index (Phi) is 1.66. The van der Waals surface area contributed by atoms with Gasteiger partial charge in [0, 0.05) is 6.20 Å². The van der Waals surface area contributed by atoms with Crippen LogP contribution in [-0.4, -0.2) is 17.3 Å². The smallest absolute Gasteiger partial charge is 0.131 e. The van der Waals surface area contributed by atoms with Gasteiger partial charge in [-0.3, -0.25) is 5.01 Å². The Balaban J connectivity index is 2.71. The molecule has 0 aromatic heterocycles. The number of hydrazine groups is 1. The van der Waals surface area contributed by atoms with Crippen molar-refractivity contribution in [3.63, 3.8) is 0 Å². The van der Waals surface area contributed by atoms with Gasteiger partial charge in [0.15, 0.2) is 0 Å². The van der Waals surface area contributed by atoms with Crippen LogP contribution < -0.4 is 28.4 Å². The van der Waals surface area contributed by atoms with Crippen LogP contribution in [0.2, 0.25) is 0 Å². The van der Waals surface area contributed by atoms with Crippen molar-refractivity contribution in [2.75, 3.05) is 0 Å². The van der Waals surface area contributed by atoms with E-state index in [1.165, 1.54) is 11.2 Å². The molecule has 0 aromatic rings. The average Bonchev–Trinajstić information content (AvgIpc) is 1.93. The quantitative estimate of drug-likeness (QED) is 0.232. The minimum absolute atomic E-state index is 0.364. The van der Waals surface area contributed by atoms with E-state index in [2.05, 4.69) is 5.32 Å². The summed E-state index contributed by atoms with van der Waals surface area (Å²) in [6.45, 7) is 0. The van der Waals surface area contributed by atoms with Gasteiger partial charge >= 0.3 is 0 Å². The SMILES string of the molecule is NC1=CNC(N)C(N)N1N. The topological polar surface area (TPSA) is 119 Å². The molecule has 1 rings (SSSR count). The molecule has 6 heteroatoms. The van der Waals surface area contributed by atoms with Gasteiger partial charge in [-0.2, -0.15) is 0 Å². The van der Waals surface area contributed by atoms with Crippen molar-refractivity contribution in [3.05, 3.63) is 12.0 Å². The summed E-state index contributed by atoms with van der Waals surface area (Å²) >= 11 is 0. The zero-order valence-electron chi connectivity index (χ0n) is 5.49. The maximum Gasteiger partial charge on any atom is 0.131 e. The van der Waals surface area contributed by atoms with Gasteiger partial charge < -0.3 is 22.5 Å². The Hall–Kier alpha value is -0.980. The second kappa shape index (κ2) is 2.33. The maximum absolute atomic E-state index is 5.50. The van der Waals surface area contributed by atoms with Crippen molar-refractivity contribution >= 4 is 0 Å². The molecule has 0 amide bonds. The summed E-state index contributed by atoms with van der Waals surface area (Å²) < 4.78 is 0. The molecule has 0 bridgehead atoms. The normalized spacial score (nSPS) is 33.1. The first kappa shape index (κ1) is 7.13. The van der Waals surface area contributed by atoms with Gasteiger partial charge in [-0.15, -0.1) is 0 Å². The third-order valence-corrected chi connectivity index (χ3v) is 1.41. The number of rotatable bonds is 0. The van der Waals surface area contributed by atoms with E-state index in [-0.39, 0.29) is 6.17 Å². The van der Waals surface area contributed by atoms with Crippen LogP contribution in [0.5, 0.6) is 0 Å². The monoisotopic (exact) mass is 144 g/mol. The van der Waals surface area contributed by atoms with Crippen molar-refractivity contribution in [2.45, 2.75) is 12.3 Å². The third kappa shape index (κ3) is 0.991. The lowest BCUT2D eigenvalue weighted by Gasteiger charge is -2.34. The van der Waals surface area contributed by atoms with E-state index >= 15 is 0 Å². The molecule has 0 aliphatic carbocycles. The second-order valence-electron chi connectivity index (χ2n) is 2.16. The van der Waals surface area contributed by atoms with E-state index in [0.717, 1.165) is 0 Å². The summed E-state index contributed by atoms with van der Waals surface area (Å²) in [5, 5.41) is 3.98. The lowest BCUT2D eigenvalue weighted by Crippen LogP contribution is -2.64. The molecule has 0 fully saturated rings. The van der Waals surface area contributed by atoms with Gasteiger partial charge in [-0.25, -0.2) is 5.84 Å². The Morgan fingerprint density at radius 1 is 1.50 bits per heavy atom. The second-order valence-corrected chi connectivity index (χ2v) is 2.16. The minimum atomic E-state index is -0.468. The van der Waals surface area contributed by atoms with Crippen molar-refractivity contribution < 1.29 is 0 Å². The molecule has 9 N–H and O–H groups in total. The lowest BCUT2D eigenvalue weighted by molar-refractivity contribution is 0.196. The van der Waals surface area contributed by atoms with Crippen LogP contribution in [0.15, 0.2) is 12.0 Å². The number of hydrogen-bond donors (Lipinski definition) is 5. The number of nitrogens with two attached hydrogens (primary N) is 4. The van der Waals surface area contributed by atoms with Gasteiger partial charge in [0.25, 0.3) is 0 Å². The van der Waals surface area contributed by atoms with E-state index in [9.17, 15) is 0 Å².